The molecule has 2 aromatic carbocycles. The van der Waals surface area contributed by atoms with Gasteiger partial charge in [-0.1, -0.05) is 48.9 Å². The number of nitrogens with zero attached hydrogens (tertiary/aromatic N) is 1. The van der Waals surface area contributed by atoms with Gasteiger partial charge in [-0.15, -0.1) is 11.3 Å². The molecule has 1 N–H and O–H groups in total. The molecule has 0 saturated heterocycles. The van der Waals surface area contributed by atoms with Gasteiger partial charge in [0.2, 0.25) is 0 Å². The molecule has 1 atom stereocenters. The van der Waals surface area contributed by atoms with Crippen LogP contribution in [-0.2, 0) is 6.42 Å². The minimum atomic E-state index is 0.329. The number of thiazole rings is 1. The van der Waals surface area contributed by atoms with Crippen molar-refractivity contribution in [3.8, 4) is 0 Å². The van der Waals surface area contributed by atoms with E-state index in [0.717, 1.165) is 18.5 Å². The molecule has 0 aliphatic carbocycles. The molecule has 1 heterocycles. The number of para-hydroxylation sites is 1. The summed E-state index contributed by atoms with van der Waals surface area (Å²) in [6, 6.07) is 17.4. The minimum Gasteiger partial charge on any atom is -0.310 e. The van der Waals surface area contributed by atoms with Crippen molar-refractivity contribution in [1.82, 2.24) is 10.3 Å². The van der Waals surface area contributed by atoms with Gasteiger partial charge in [-0.3, -0.25) is 0 Å². The van der Waals surface area contributed by atoms with Crippen LogP contribution in [0.3, 0.4) is 0 Å². The molecule has 3 heteroatoms. The zero-order valence-electron chi connectivity index (χ0n) is 12.5. The lowest BCUT2D eigenvalue weighted by Crippen LogP contribution is -2.22. The molecule has 0 spiro atoms. The van der Waals surface area contributed by atoms with Crippen LogP contribution in [0.25, 0.3) is 10.2 Å². The number of likely N-dealkylation sites (N-methyl/N-ethyl adjacent to an activating group) is 1. The number of fused-ring (bicyclic) bond motifs is 1. The zero-order valence-corrected chi connectivity index (χ0v) is 13.3. The standard InChI is InChI=1S/C18H20N2S/c1-3-19-16(14-8-6-7-13(2)11-14)12-18-20-15-9-4-5-10-17(15)21-18/h4-11,16,19H,3,12H2,1-2H3. The first-order valence-electron chi connectivity index (χ1n) is 7.40. The van der Waals surface area contributed by atoms with E-state index in [9.17, 15) is 0 Å². The van der Waals surface area contributed by atoms with Gasteiger partial charge >= 0.3 is 0 Å². The molecule has 0 fully saturated rings. The van der Waals surface area contributed by atoms with E-state index >= 15 is 0 Å². The Balaban J connectivity index is 1.87. The average molecular weight is 296 g/mol. The third-order valence-electron chi connectivity index (χ3n) is 3.61. The first-order valence-corrected chi connectivity index (χ1v) is 8.22. The highest BCUT2D eigenvalue weighted by molar-refractivity contribution is 7.18. The van der Waals surface area contributed by atoms with Gasteiger partial charge in [0.15, 0.2) is 0 Å². The molecule has 3 rings (SSSR count). The van der Waals surface area contributed by atoms with E-state index in [4.69, 9.17) is 4.98 Å². The quantitative estimate of drug-likeness (QED) is 0.750. The summed E-state index contributed by atoms with van der Waals surface area (Å²) in [5, 5.41) is 4.78. The predicted molar refractivity (Wildman–Crippen MR) is 90.9 cm³/mol. The molecule has 108 valence electrons. The van der Waals surface area contributed by atoms with E-state index in [0.29, 0.717) is 6.04 Å². The largest absolute Gasteiger partial charge is 0.310 e. The van der Waals surface area contributed by atoms with E-state index in [1.165, 1.54) is 20.8 Å². The van der Waals surface area contributed by atoms with Crippen molar-refractivity contribution in [1.29, 1.82) is 0 Å². The van der Waals surface area contributed by atoms with Crippen molar-refractivity contribution < 1.29 is 0 Å². The van der Waals surface area contributed by atoms with Crippen molar-refractivity contribution >= 4 is 21.6 Å². The Hall–Kier alpha value is -1.71. The molecule has 0 saturated carbocycles. The normalized spacial score (nSPS) is 12.7. The molecule has 1 aromatic heterocycles. The number of hydrogen-bond acceptors (Lipinski definition) is 3. The van der Waals surface area contributed by atoms with Crippen LogP contribution in [0, 0.1) is 6.92 Å². The van der Waals surface area contributed by atoms with E-state index in [1.54, 1.807) is 11.3 Å². The number of aryl methyl sites for hydroxylation is 1. The van der Waals surface area contributed by atoms with E-state index in [2.05, 4.69) is 61.6 Å². The fourth-order valence-electron chi connectivity index (χ4n) is 2.62. The smallest absolute Gasteiger partial charge is 0.0957 e. The molecule has 21 heavy (non-hydrogen) atoms. The highest BCUT2D eigenvalue weighted by Gasteiger charge is 2.14. The molecule has 3 aromatic rings. The second kappa shape index (κ2) is 6.37. The summed E-state index contributed by atoms with van der Waals surface area (Å²) in [5.41, 5.74) is 3.76. The van der Waals surface area contributed by atoms with Crippen LogP contribution in [0.5, 0.6) is 0 Å². The van der Waals surface area contributed by atoms with Crippen LogP contribution >= 0.6 is 11.3 Å². The fraction of sp³-hybridized carbons (Fsp3) is 0.278. The van der Waals surface area contributed by atoms with Crippen LogP contribution in [0.1, 0.15) is 29.1 Å². The molecule has 1 unspecified atom stereocenters. The van der Waals surface area contributed by atoms with Crippen molar-refractivity contribution in [3.05, 3.63) is 64.7 Å². The van der Waals surface area contributed by atoms with Gasteiger partial charge in [-0.05, 0) is 31.2 Å². The summed E-state index contributed by atoms with van der Waals surface area (Å²) >= 11 is 1.80. The van der Waals surface area contributed by atoms with Crippen LogP contribution in [0.4, 0.5) is 0 Å². The van der Waals surface area contributed by atoms with Crippen LogP contribution in [-0.4, -0.2) is 11.5 Å². The lowest BCUT2D eigenvalue weighted by molar-refractivity contribution is 0.549. The first kappa shape index (κ1) is 14.2. The van der Waals surface area contributed by atoms with E-state index < -0.39 is 0 Å². The molecule has 2 nitrogen and oxygen atoms in total. The maximum Gasteiger partial charge on any atom is 0.0957 e. The maximum absolute atomic E-state index is 4.76. The van der Waals surface area contributed by atoms with Gasteiger partial charge in [0, 0.05) is 12.5 Å². The summed E-state index contributed by atoms with van der Waals surface area (Å²) < 4.78 is 1.27. The Labute approximate surface area is 129 Å². The molecule has 0 aliphatic rings. The lowest BCUT2D eigenvalue weighted by atomic mass is 10.0. The average Bonchev–Trinajstić information content (AvgIpc) is 2.89. The molecule has 0 aliphatic heterocycles. The molecular weight excluding hydrogens is 276 g/mol. The number of aromatic nitrogens is 1. The van der Waals surface area contributed by atoms with Gasteiger partial charge in [-0.25, -0.2) is 4.98 Å². The summed E-state index contributed by atoms with van der Waals surface area (Å²) in [4.78, 5) is 4.76. The van der Waals surface area contributed by atoms with Gasteiger partial charge in [-0.2, -0.15) is 0 Å². The fourth-order valence-corrected chi connectivity index (χ4v) is 3.64. The van der Waals surface area contributed by atoms with Crippen LogP contribution < -0.4 is 5.32 Å². The third kappa shape index (κ3) is 3.31. The highest BCUT2D eigenvalue weighted by atomic mass is 32.1. The highest BCUT2D eigenvalue weighted by Crippen LogP contribution is 2.26. The molecule has 0 radical (unpaired) electrons. The van der Waals surface area contributed by atoms with E-state index in [1.807, 2.05) is 6.07 Å². The third-order valence-corrected chi connectivity index (χ3v) is 4.67. The first-order chi connectivity index (χ1) is 10.3. The topological polar surface area (TPSA) is 24.9 Å². The second-order valence-electron chi connectivity index (χ2n) is 5.30. The molecule has 0 amide bonds. The lowest BCUT2D eigenvalue weighted by Gasteiger charge is -2.17. The van der Waals surface area contributed by atoms with Gasteiger partial charge in [0.25, 0.3) is 0 Å². The molecule has 0 bridgehead atoms. The van der Waals surface area contributed by atoms with Crippen LogP contribution in [0.15, 0.2) is 48.5 Å². The van der Waals surface area contributed by atoms with Crippen molar-refractivity contribution in [2.45, 2.75) is 26.3 Å². The monoisotopic (exact) mass is 296 g/mol. The number of rotatable bonds is 5. The Morgan fingerprint density at radius 1 is 1.14 bits per heavy atom. The minimum absolute atomic E-state index is 0.329. The van der Waals surface area contributed by atoms with Crippen LogP contribution in [0.2, 0.25) is 0 Å². The number of nitrogens with one attached hydrogen (secondary N) is 1. The van der Waals surface area contributed by atoms with Crippen molar-refractivity contribution in [2.24, 2.45) is 0 Å². The SMILES string of the molecule is CCNC(Cc1nc2ccccc2s1)c1cccc(C)c1. The zero-order chi connectivity index (χ0) is 14.7. The summed E-state index contributed by atoms with van der Waals surface area (Å²) in [5.74, 6) is 0. The number of benzene rings is 2. The Morgan fingerprint density at radius 3 is 2.76 bits per heavy atom. The van der Waals surface area contributed by atoms with Gasteiger partial charge < -0.3 is 5.32 Å². The predicted octanol–water partition coefficient (Wildman–Crippen LogP) is 4.50. The van der Waals surface area contributed by atoms with E-state index in [-0.39, 0.29) is 0 Å². The van der Waals surface area contributed by atoms with Gasteiger partial charge in [0.1, 0.15) is 0 Å². The Morgan fingerprint density at radius 2 is 2.00 bits per heavy atom. The van der Waals surface area contributed by atoms with Crippen molar-refractivity contribution in [3.63, 3.8) is 0 Å². The summed E-state index contributed by atoms with van der Waals surface area (Å²) in [7, 11) is 0. The Bertz CT molecular complexity index is 700. The van der Waals surface area contributed by atoms with Crippen molar-refractivity contribution in [2.75, 3.05) is 6.54 Å². The van der Waals surface area contributed by atoms with Gasteiger partial charge in [0.05, 0.1) is 15.2 Å². The maximum atomic E-state index is 4.76. The second-order valence-corrected chi connectivity index (χ2v) is 6.42. The summed E-state index contributed by atoms with van der Waals surface area (Å²) in [6.07, 6.45) is 0.941. The summed E-state index contributed by atoms with van der Waals surface area (Å²) in [6.45, 7) is 5.26. The number of hydrogen-bond donors (Lipinski definition) is 1. The Kier molecular flexibility index (Phi) is 4.32. The molecular formula is C18H20N2S.